The highest BCUT2D eigenvalue weighted by Crippen LogP contribution is 2.22. The van der Waals surface area contributed by atoms with Crippen LogP contribution in [0.4, 0.5) is 0 Å². The number of fused-ring (bicyclic) bond motifs is 1. The third-order valence-corrected chi connectivity index (χ3v) is 6.95. The van der Waals surface area contributed by atoms with E-state index in [0.29, 0.717) is 32.4 Å². The number of ether oxygens (including phenoxy) is 1. The van der Waals surface area contributed by atoms with E-state index in [9.17, 15) is 9.59 Å². The monoisotopic (exact) mass is 511 g/mol. The van der Waals surface area contributed by atoms with Crippen molar-refractivity contribution in [2.45, 2.75) is 45.7 Å². The number of aryl methyl sites for hydroxylation is 1. The minimum Gasteiger partial charge on any atom is -0.496 e. The molecule has 1 aromatic heterocycles. The Labute approximate surface area is 225 Å². The zero-order valence-electron chi connectivity index (χ0n) is 22.5. The van der Waals surface area contributed by atoms with Crippen molar-refractivity contribution >= 4 is 22.7 Å². The number of carbonyl (C=O) groups excluding carboxylic acids is 2. The topological polar surface area (TPSA) is 65.6 Å². The zero-order valence-corrected chi connectivity index (χ0v) is 22.5. The molecule has 4 rings (SSSR count). The maximum atomic E-state index is 13.7. The molecule has 0 saturated carbocycles. The Morgan fingerprint density at radius 3 is 2.32 bits per heavy atom. The Hall–Kier alpha value is -4.06. The fraction of sp³-hybridized carbons (Fsp3) is 0.312. The molecule has 3 aromatic carbocycles. The number of para-hydroxylation sites is 2. The summed E-state index contributed by atoms with van der Waals surface area (Å²) in [6.45, 7) is 4.92. The van der Waals surface area contributed by atoms with Crippen LogP contribution in [-0.4, -0.2) is 52.8 Å². The molecule has 0 bridgehead atoms. The van der Waals surface area contributed by atoms with Crippen LogP contribution in [0.25, 0.3) is 10.9 Å². The summed E-state index contributed by atoms with van der Waals surface area (Å²) in [7, 11) is 1.64. The molecule has 0 aliphatic carbocycles. The van der Waals surface area contributed by atoms with Gasteiger partial charge in [0.2, 0.25) is 11.8 Å². The molecule has 0 aliphatic rings. The Morgan fingerprint density at radius 2 is 1.55 bits per heavy atom. The van der Waals surface area contributed by atoms with E-state index in [0.717, 1.165) is 33.3 Å². The van der Waals surface area contributed by atoms with Gasteiger partial charge in [0.05, 0.1) is 13.7 Å². The lowest BCUT2D eigenvalue weighted by molar-refractivity contribution is -0.142. The van der Waals surface area contributed by atoms with Gasteiger partial charge < -0.3 is 19.5 Å². The molecule has 38 heavy (non-hydrogen) atoms. The van der Waals surface area contributed by atoms with Gasteiger partial charge in [-0.25, -0.2) is 0 Å². The lowest BCUT2D eigenvalue weighted by Crippen LogP contribution is -2.46. The van der Waals surface area contributed by atoms with Crippen LogP contribution in [0.1, 0.15) is 37.0 Å². The molecule has 6 nitrogen and oxygen atoms in total. The number of amides is 2. The zero-order chi connectivity index (χ0) is 26.9. The van der Waals surface area contributed by atoms with E-state index in [1.54, 1.807) is 12.0 Å². The fourth-order valence-corrected chi connectivity index (χ4v) is 4.77. The van der Waals surface area contributed by atoms with Crippen LogP contribution in [0, 0.1) is 0 Å². The number of methoxy groups -OCH3 is 1. The Balaban J connectivity index is 1.50. The lowest BCUT2D eigenvalue weighted by Gasteiger charge is -2.30. The van der Waals surface area contributed by atoms with Crippen molar-refractivity contribution in [2.75, 3.05) is 20.2 Å². The van der Waals surface area contributed by atoms with Crippen LogP contribution in [0.15, 0.2) is 85.1 Å². The number of H-pyrrole nitrogens is 1. The highest BCUT2D eigenvalue weighted by molar-refractivity contribution is 5.86. The molecule has 2 amide bonds. The Bertz CT molecular complexity index is 1350. The average molecular weight is 512 g/mol. The largest absolute Gasteiger partial charge is 0.496 e. The summed E-state index contributed by atoms with van der Waals surface area (Å²) in [6, 6.07) is 25.9. The molecule has 1 heterocycles. The predicted octanol–water partition coefficient (Wildman–Crippen LogP) is 5.62. The van der Waals surface area contributed by atoms with Crippen LogP contribution in [0.3, 0.4) is 0 Å². The number of hydrogen-bond acceptors (Lipinski definition) is 3. The first-order chi connectivity index (χ1) is 18.5. The summed E-state index contributed by atoms with van der Waals surface area (Å²) in [5.41, 5.74) is 4.30. The van der Waals surface area contributed by atoms with Gasteiger partial charge in [-0.3, -0.25) is 9.59 Å². The summed E-state index contributed by atoms with van der Waals surface area (Å²) >= 11 is 0. The van der Waals surface area contributed by atoms with Crippen LogP contribution in [0.2, 0.25) is 0 Å². The maximum Gasteiger partial charge on any atom is 0.242 e. The molecule has 0 spiro atoms. The fourth-order valence-electron chi connectivity index (χ4n) is 4.77. The van der Waals surface area contributed by atoms with Gasteiger partial charge >= 0.3 is 0 Å². The summed E-state index contributed by atoms with van der Waals surface area (Å²) in [5.74, 6) is 0.667. The quantitative estimate of drug-likeness (QED) is 0.269. The van der Waals surface area contributed by atoms with Crippen molar-refractivity contribution in [3.05, 3.63) is 102 Å². The number of hydrogen-bond donors (Lipinski definition) is 1. The second kappa shape index (κ2) is 13.0. The summed E-state index contributed by atoms with van der Waals surface area (Å²) in [4.78, 5) is 33.8. The summed E-state index contributed by atoms with van der Waals surface area (Å²) < 4.78 is 5.56. The van der Waals surface area contributed by atoms with Crippen molar-refractivity contribution in [1.82, 2.24) is 14.8 Å². The van der Waals surface area contributed by atoms with E-state index < -0.39 is 0 Å². The van der Waals surface area contributed by atoms with Crippen LogP contribution in [0.5, 0.6) is 5.75 Å². The third kappa shape index (κ3) is 6.82. The Kier molecular flexibility index (Phi) is 9.20. The van der Waals surface area contributed by atoms with Gasteiger partial charge in [-0.05, 0) is 49.9 Å². The number of rotatable bonds is 12. The van der Waals surface area contributed by atoms with E-state index in [1.165, 1.54) is 0 Å². The first-order valence-electron chi connectivity index (χ1n) is 13.2. The molecule has 0 atom stereocenters. The summed E-state index contributed by atoms with van der Waals surface area (Å²) in [6.07, 6.45) is 3.75. The van der Waals surface area contributed by atoms with Gasteiger partial charge in [0, 0.05) is 48.2 Å². The minimum absolute atomic E-state index is 0.00827. The first-order valence-corrected chi connectivity index (χ1v) is 13.2. The summed E-state index contributed by atoms with van der Waals surface area (Å²) in [5, 5.41) is 1.16. The molecular formula is C32H37N3O3. The molecule has 6 heteroatoms. The third-order valence-electron chi connectivity index (χ3n) is 6.95. The van der Waals surface area contributed by atoms with E-state index >= 15 is 0 Å². The number of benzene rings is 3. The van der Waals surface area contributed by atoms with Crippen molar-refractivity contribution in [3.8, 4) is 5.75 Å². The number of aromatic nitrogens is 1. The number of nitrogens with one attached hydrogen (secondary N) is 1. The normalized spacial score (nSPS) is 11.1. The smallest absolute Gasteiger partial charge is 0.242 e. The SMILES string of the molecule is COc1ccccc1CN(CCc1c[nH]c2ccccc12)C(=O)CN(C(=O)CCc1ccccc1)C(C)C. The van der Waals surface area contributed by atoms with Gasteiger partial charge in [0.25, 0.3) is 0 Å². The Morgan fingerprint density at radius 1 is 0.842 bits per heavy atom. The minimum atomic E-state index is -0.0797. The van der Waals surface area contributed by atoms with Crippen molar-refractivity contribution in [3.63, 3.8) is 0 Å². The van der Waals surface area contributed by atoms with Crippen LogP contribution < -0.4 is 4.74 Å². The standard InChI is InChI=1S/C32H37N3O3/c1-24(2)35(31(36)18-17-25-11-5-4-6-12-25)23-32(37)34(22-27-13-7-10-16-30(27)38-3)20-19-26-21-33-29-15-9-8-14-28(26)29/h4-16,21,24,33H,17-20,22-23H2,1-3H3. The van der Waals surface area contributed by atoms with Crippen molar-refractivity contribution in [1.29, 1.82) is 0 Å². The second-order valence-corrected chi connectivity index (χ2v) is 9.84. The second-order valence-electron chi connectivity index (χ2n) is 9.84. The van der Waals surface area contributed by atoms with Gasteiger partial charge in [-0.1, -0.05) is 66.7 Å². The van der Waals surface area contributed by atoms with Gasteiger partial charge in [-0.2, -0.15) is 0 Å². The number of carbonyl (C=O) groups is 2. The van der Waals surface area contributed by atoms with E-state index in [1.807, 2.05) is 91.7 Å². The van der Waals surface area contributed by atoms with Gasteiger partial charge in [-0.15, -0.1) is 0 Å². The average Bonchev–Trinajstić information content (AvgIpc) is 3.36. The van der Waals surface area contributed by atoms with Crippen molar-refractivity contribution in [2.24, 2.45) is 0 Å². The van der Waals surface area contributed by atoms with Crippen molar-refractivity contribution < 1.29 is 14.3 Å². The van der Waals surface area contributed by atoms with Crippen LogP contribution in [-0.2, 0) is 29.0 Å². The van der Waals surface area contributed by atoms with E-state index in [-0.39, 0.29) is 24.4 Å². The number of nitrogens with zero attached hydrogens (tertiary/aromatic N) is 2. The van der Waals surface area contributed by atoms with Gasteiger partial charge in [0.1, 0.15) is 5.75 Å². The molecule has 0 fully saturated rings. The molecule has 0 aliphatic heterocycles. The first kappa shape index (κ1) is 27.0. The highest BCUT2D eigenvalue weighted by Gasteiger charge is 2.24. The maximum absolute atomic E-state index is 13.7. The van der Waals surface area contributed by atoms with E-state index in [4.69, 9.17) is 4.74 Å². The molecular weight excluding hydrogens is 474 g/mol. The van der Waals surface area contributed by atoms with Gasteiger partial charge in [0.15, 0.2) is 0 Å². The van der Waals surface area contributed by atoms with Crippen LogP contribution >= 0.6 is 0 Å². The molecule has 0 radical (unpaired) electrons. The molecule has 4 aromatic rings. The molecule has 198 valence electrons. The molecule has 0 unspecified atom stereocenters. The molecule has 0 saturated heterocycles. The van der Waals surface area contributed by atoms with E-state index in [2.05, 4.69) is 17.1 Å². The number of aromatic amines is 1. The lowest BCUT2D eigenvalue weighted by atomic mass is 10.1. The predicted molar refractivity (Wildman–Crippen MR) is 152 cm³/mol. The highest BCUT2D eigenvalue weighted by atomic mass is 16.5. The molecule has 1 N–H and O–H groups in total.